The fourth-order valence-electron chi connectivity index (χ4n) is 2.25. The number of carbonyl (C=O) groups excluding carboxylic acids is 1. The summed E-state index contributed by atoms with van der Waals surface area (Å²) < 4.78 is 12.9. The molecule has 1 saturated carbocycles. The smallest absolute Gasteiger partial charge is 0.252 e. The number of amides is 1. The van der Waals surface area contributed by atoms with Gasteiger partial charge in [0.2, 0.25) is 5.95 Å². The number of nitrogens with one attached hydrogen (secondary N) is 1. The van der Waals surface area contributed by atoms with Crippen LogP contribution >= 0.6 is 0 Å². The molecule has 1 aliphatic carbocycles. The van der Waals surface area contributed by atoms with Crippen molar-refractivity contribution in [3.8, 4) is 6.07 Å². The van der Waals surface area contributed by atoms with Crippen molar-refractivity contribution < 1.29 is 9.18 Å². The maximum atomic E-state index is 12.9. The number of rotatable bonds is 2. The van der Waals surface area contributed by atoms with E-state index in [0.29, 0.717) is 12.8 Å². The molecule has 0 saturated heterocycles. The molecule has 1 N–H and O–H groups in total. The molecule has 1 aliphatic rings. The predicted octanol–water partition coefficient (Wildman–Crippen LogP) is 2.18. The summed E-state index contributed by atoms with van der Waals surface area (Å²) in [6.07, 6.45) is 5.50. The van der Waals surface area contributed by atoms with Crippen LogP contribution in [0.15, 0.2) is 18.3 Å². The monoisotopic (exact) mass is 247 g/mol. The Morgan fingerprint density at radius 2 is 2.17 bits per heavy atom. The number of aromatic nitrogens is 1. The number of hydrogen-bond donors (Lipinski definition) is 1. The van der Waals surface area contributed by atoms with Crippen molar-refractivity contribution >= 4 is 5.91 Å². The van der Waals surface area contributed by atoms with Crippen molar-refractivity contribution in [2.45, 2.75) is 37.6 Å². The van der Waals surface area contributed by atoms with E-state index >= 15 is 0 Å². The highest BCUT2D eigenvalue weighted by atomic mass is 19.1. The first-order chi connectivity index (χ1) is 8.65. The Morgan fingerprint density at radius 1 is 1.44 bits per heavy atom. The van der Waals surface area contributed by atoms with E-state index in [2.05, 4.69) is 16.4 Å². The van der Waals surface area contributed by atoms with Gasteiger partial charge < -0.3 is 5.32 Å². The van der Waals surface area contributed by atoms with Gasteiger partial charge in [-0.25, -0.2) is 4.98 Å². The molecule has 18 heavy (non-hydrogen) atoms. The van der Waals surface area contributed by atoms with Gasteiger partial charge in [-0.15, -0.1) is 0 Å². The van der Waals surface area contributed by atoms with Crippen LogP contribution in [-0.4, -0.2) is 16.4 Å². The average molecular weight is 247 g/mol. The van der Waals surface area contributed by atoms with Crippen LogP contribution in [0.4, 0.5) is 4.39 Å². The van der Waals surface area contributed by atoms with Crippen molar-refractivity contribution in [1.82, 2.24) is 10.3 Å². The summed E-state index contributed by atoms with van der Waals surface area (Å²) in [5.41, 5.74) is -0.600. The van der Waals surface area contributed by atoms with Crippen molar-refractivity contribution in [2.24, 2.45) is 0 Å². The van der Waals surface area contributed by atoms with E-state index in [9.17, 15) is 14.4 Å². The standard InChI is InChI=1S/C13H14FN3O/c14-11-8-10(4-7-16-11)12(18)17-13(9-15)5-2-1-3-6-13/h4,7-8H,1-3,5-6H2,(H,17,18). The third-order valence-electron chi connectivity index (χ3n) is 3.26. The second-order valence-electron chi connectivity index (χ2n) is 4.58. The number of halogens is 1. The molecular formula is C13H14FN3O. The first kappa shape index (κ1) is 12.5. The Kier molecular flexibility index (Phi) is 3.56. The molecule has 2 rings (SSSR count). The molecule has 0 unspecified atom stereocenters. The Balaban J connectivity index is 2.13. The van der Waals surface area contributed by atoms with Crippen LogP contribution in [0.3, 0.4) is 0 Å². The maximum Gasteiger partial charge on any atom is 0.252 e. The van der Waals surface area contributed by atoms with E-state index in [4.69, 9.17) is 0 Å². The Hall–Kier alpha value is -1.96. The largest absolute Gasteiger partial charge is 0.334 e. The number of hydrogen-bond acceptors (Lipinski definition) is 3. The van der Waals surface area contributed by atoms with Gasteiger partial charge in [-0.3, -0.25) is 4.79 Å². The van der Waals surface area contributed by atoms with Gasteiger partial charge in [0.1, 0.15) is 5.54 Å². The van der Waals surface area contributed by atoms with Gasteiger partial charge in [0.05, 0.1) is 6.07 Å². The van der Waals surface area contributed by atoms with Gasteiger partial charge in [-0.2, -0.15) is 9.65 Å². The van der Waals surface area contributed by atoms with Crippen LogP contribution in [0.5, 0.6) is 0 Å². The minimum absolute atomic E-state index is 0.197. The second-order valence-corrected chi connectivity index (χ2v) is 4.58. The lowest BCUT2D eigenvalue weighted by Crippen LogP contribution is -2.48. The van der Waals surface area contributed by atoms with E-state index in [1.165, 1.54) is 12.3 Å². The zero-order chi connectivity index (χ0) is 13.0. The zero-order valence-corrected chi connectivity index (χ0v) is 9.95. The molecule has 0 aromatic carbocycles. The highest BCUT2D eigenvalue weighted by molar-refractivity contribution is 5.94. The summed E-state index contributed by atoms with van der Waals surface area (Å²) >= 11 is 0. The number of carbonyl (C=O) groups is 1. The summed E-state index contributed by atoms with van der Waals surface area (Å²) in [6.45, 7) is 0. The van der Waals surface area contributed by atoms with E-state index in [-0.39, 0.29) is 5.56 Å². The fraction of sp³-hybridized carbons (Fsp3) is 0.462. The van der Waals surface area contributed by atoms with Crippen molar-refractivity contribution in [2.75, 3.05) is 0 Å². The molecule has 5 heteroatoms. The van der Waals surface area contributed by atoms with Gasteiger partial charge in [0, 0.05) is 17.8 Å². The van der Waals surface area contributed by atoms with E-state index < -0.39 is 17.4 Å². The van der Waals surface area contributed by atoms with Crippen molar-refractivity contribution in [3.05, 3.63) is 29.8 Å². The van der Waals surface area contributed by atoms with Gasteiger partial charge in [0.15, 0.2) is 0 Å². The Morgan fingerprint density at radius 3 is 2.78 bits per heavy atom. The molecule has 1 heterocycles. The summed E-state index contributed by atoms with van der Waals surface area (Å²) in [4.78, 5) is 15.4. The van der Waals surface area contributed by atoms with E-state index in [1.807, 2.05) is 0 Å². The van der Waals surface area contributed by atoms with Gasteiger partial charge in [-0.1, -0.05) is 19.3 Å². The molecule has 0 spiro atoms. The van der Waals surface area contributed by atoms with Gasteiger partial charge >= 0.3 is 0 Å². The molecule has 4 nitrogen and oxygen atoms in total. The van der Waals surface area contributed by atoms with Crippen LogP contribution in [0.2, 0.25) is 0 Å². The molecule has 0 radical (unpaired) electrons. The lowest BCUT2D eigenvalue weighted by molar-refractivity contribution is 0.0902. The third kappa shape index (κ3) is 2.65. The van der Waals surface area contributed by atoms with Crippen LogP contribution < -0.4 is 5.32 Å². The summed E-state index contributed by atoms with van der Waals surface area (Å²) in [5, 5.41) is 12.0. The van der Waals surface area contributed by atoms with Crippen molar-refractivity contribution in [1.29, 1.82) is 5.26 Å². The Labute approximate surface area is 105 Å². The summed E-state index contributed by atoms with van der Waals surface area (Å²) in [7, 11) is 0. The molecule has 0 atom stereocenters. The normalized spacial score (nSPS) is 17.8. The van der Waals surface area contributed by atoms with Crippen LogP contribution in [0.1, 0.15) is 42.5 Å². The van der Waals surface area contributed by atoms with Crippen LogP contribution in [0.25, 0.3) is 0 Å². The van der Waals surface area contributed by atoms with E-state index in [1.54, 1.807) is 0 Å². The third-order valence-corrected chi connectivity index (χ3v) is 3.26. The lowest BCUT2D eigenvalue weighted by atomic mass is 9.82. The SMILES string of the molecule is N#CC1(NC(=O)c2ccnc(F)c2)CCCCC1. The average Bonchev–Trinajstić information content (AvgIpc) is 2.40. The maximum absolute atomic E-state index is 12.9. The van der Waals surface area contributed by atoms with Crippen molar-refractivity contribution in [3.63, 3.8) is 0 Å². The predicted molar refractivity (Wildman–Crippen MR) is 63.1 cm³/mol. The first-order valence-electron chi connectivity index (χ1n) is 6.00. The molecule has 1 aromatic rings. The zero-order valence-electron chi connectivity index (χ0n) is 9.95. The highest BCUT2D eigenvalue weighted by Crippen LogP contribution is 2.27. The van der Waals surface area contributed by atoms with Gasteiger partial charge in [0.25, 0.3) is 5.91 Å². The van der Waals surface area contributed by atoms with Crippen LogP contribution in [0, 0.1) is 17.3 Å². The minimum atomic E-state index is -0.797. The number of pyridine rings is 1. The molecule has 0 aliphatic heterocycles. The van der Waals surface area contributed by atoms with Crippen LogP contribution in [-0.2, 0) is 0 Å². The molecule has 0 bridgehead atoms. The quantitative estimate of drug-likeness (QED) is 0.814. The molecule has 94 valence electrons. The number of nitrogens with zero attached hydrogens (tertiary/aromatic N) is 2. The molecule has 1 fully saturated rings. The molecular weight excluding hydrogens is 233 g/mol. The summed E-state index contributed by atoms with van der Waals surface area (Å²) in [6, 6.07) is 4.70. The van der Waals surface area contributed by atoms with E-state index in [0.717, 1.165) is 25.3 Å². The number of nitriles is 1. The lowest BCUT2D eigenvalue weighted by Gasteiger charge is -2.31. The molecule has 1 amide bonds. The Bertz CT molecular complexity index is 489. The minimum Gasteiger partial charge on any atom is -0.334 e. The highest BCUT2D eigenvalue weighted by Gasteiger charge is 2.33. The topological polar surface area (TPSA) is 65.8 Å². The molecule has 1 aromatic heterocycles. The van der Waals surface area contributed by atoms with Gasteiger partial charge in [-0.05, 0) is 18.9 Å². The first-order valence-corrected chi connectivity index (χ1v) is 6.00. The fourth-order valence-corrected chi connectivity index (χ4v) is 2.25. The summed E-state index contributed by atoms with van der Waals surface area (Å²) in [5.74, 6) is -1.11. The second kappa shape index (κ2) is 5.13.